The Morgan fingerprint density at radius 1 is 1.07 bits per heavy atom. The first kappa shape index (κ1) is 20.6. The molecule has 146 valence electrons. The molecule has 0 unspecified atom stereocenters. The van der Waals surface area contributed by atoms with E-state index in [-0.39, 0.29) is 24.3 Å². The van der Waals surface area contributed by atoms with Crippen molar-refractivity contribution >= 4 is 21.7 Å². The van der Waals surface area contributed by atoms with Crippen molar-refractivity contribution in [2.24, 2.45) is 0 Å². The zero-order valence-corrected chi connectivity index (χ0v) is 16.3. The Morgan fingerprint density at radius 2 is 1.74 bits per heavy atom. The third-order valence-corrected chi connectivity index (χ3v) is 5.84. The minimum atomic E-state index is -3.92. The Balaban J connectivity index is 2.54. The zero-order chi connectivity index (χ0) is 20.0. The van der Waals surface area contributed by atoms with Crippen molar-refractivity contribution in [3.05, 3.63) is 48.0 Å². The number of methoxy groups -OCH3 is 2. The summed E-state index contributed by atoms with van der Waals surface area (Å²) in [5, 5.41) is 8.92. The van der Waals surface area contributed by atoms with E-state index in [1.807, 2.05) is 6.92 Å². The van der Waals surface area contributed by atoms with Crippen LogP contribution in [0.15, 0.2) is 47.4 Å². The van der Waals surface area contributed by atoms with Gasteiger partial charge in [0, 0.05) is 19.0 Å². The van der Waals surface area contributed by atoms with E-state index < -0.39 is 16.0 Å². The Bertz CT molecular complexity index is 893. The second kappa shape index (κ2) is 8.77. The SMILES string of the molecule is COc1ccc(OC)c(N(CCCC(=O)O)S(=O)(=O)c2ccc(C)cc2)c1. The number of carboxylic acid groups (broad SMARTS) is 1. The molecule has 2 aromatic carbocycles. The van der Waals surface area contributed by atoms with Crippen molar-refractivity contribution in [3.63, 3.8) is 0 Å². The third-order valence-electron chi connectivity index (χ3n) is 4.02. The molecule has 0 heterocycles. The van der Waals surface area contributed by atoms with Crippen molar-refractivity contribution in [3.8, 4) is 11.5 Å². The summed E-state index contributed by atoms with van der Waals surface area (Å²) in [5.41, 5.74) is 1.23. The van der Waals surface area contributed by atoms with Gasteiger partial charge in [-0.25, -0.2) is 8.42 Å². The number of benzene rings is 2. The number of nitrogens with zero attached hydrogens (tertiary/aromatic N) is 1. The van der Waals surface area contributed by atoms with Gasteiger partial charge in [0.2, 0.25) is 0 Å². The smallest absolute Gasteiger partial charge is 0.303 e. The van der Waals surface area contributed by atoms with Crippen molar-refractivity contribution < 1.29 is 27.8 Å². The second-order valence-electron chi connectivity index (χ2n) is 5.93. The van der Waals surface area contributed by atoms with Crippen molar-refractivity contribution in [1.82, 2.24) is 0 Å². The molecule has 0 radical (unpaired) electrons. The molecular weight excluding hydrogens is 370 g/mol. The first-order chi connectivity index (χ1) is 12.8. The van der Waals surface area contributed by atoms with Crippen LogP contribution < -0.4 is 13.8 Å². The Kier molecular flexibility index (Phi) is 6.68. The first-order valence-corrected chi connectivity index (χ1v) is 9.77. The molecule has 0 aliphatic rings. The van der Waals surface area contributed by atoms with Crippen LogP contribution in [-0.2, 0) is 14.8 Å². The van der Waals surface area contributed by atoms with E-state index in [0.29, 0.717) is 17.2 Å². The molecule has 8 heteroatoms. The lowest BCUT2D eigenvalue weighted by atomic mass is 10.2. The number of carbonyl (C=O) groups is 1. The lowest BCUT2D eigenvalue weighted by Gasteiger charge is -2.26. The number of hydrogen-bond donors (Lipinski definition) is 1. The van der Waals surface area contributed by atoms with Gasteiger partial charge in [0.1, 0.15) is 11.5 Å². The lowest BCUT2D eigenvalue weighted by Crippen LogP contribution is -2.32. The lowest BCUT2D eigenvalue weighted by molar-refractivity contribution is -0.137. The normalized spacial score (nSPS) is 11.1. The summed E-state index contributed by atoms with van der Waals surface area (Å²) in [6, 6.07) is 11.3. The number of ether oxygens (including phenoxy) is 2. The second-order valence-corrected chi connectivity index (χ2v) is 7.79. The van der Waals surface area contributed by atoms with Crippen molar-refractivity contribution in [1.29, 1.82) is 0 Å². The van der Waals surface area contributed by atoms with Crippen LogP contribution in [0.3, 0.4) is 0 Å². The molecule has 1 N–H and O–H groups in total. The molecule has 0 spiro atoms. The maximum Gasteiger partial charge on any atom is 0.303 e. The summed E-state index contributed by atoms with van der Waals surface area (Å²) >= 11 is 0. The minimum absolute atomic E-state index is 0.00790. The molecule has 2 rings (SSSR count). The first-order valence-electron chi connectivity index (χ1n) is 8.33. The molecule has 0 bridgehead atoms. The number of aryl methyl sites for hydroxylation is 1. The van der Waals surface area contributed by atoms with Crippen LogP contribution in [0.2, 0.25) is 0 Å². The Morgan fingerprint density at radius 3 is 2.30 bits per heavy atom. The maximum atomic E-state index is 13.3. The van der Waals surface area contributed by atoms with Crippen molar-refractivity contribution in [2.75, 3.05) is 25.1 Å². The van der Waals surface area contributed by atoms with Crippen LogP contribution in [0, 0.1) is 6.92 Å². The summed E-state index contributed by atoms with van der Waals surface area (Å²) in [6.07, 6.45) is 0.00694. The number of anilines is 1. The van der Waals surface area contributed by atoms with E-state index in [9.17, 15) is 13.2 Å². The van der Waals surface area contributed by atoms with Crippen LogP contribution in [0.4, 0.5) is 5.69 Å². The molecule has 0 atom stereocenters. The fourth-order valence-corrected chi connectivity index (χ4v) is 4.08. The summed E-state index contributed by atoms with van der Waals surface area (Å²) in [5.74, 6) is -0.171. The predicted molar refractivity (Wildman–Crippen MR) is 102 cm³/mol. The van der Waals surface area contributed by atoms with Crippen LogP contribution in [-0.4, -0.2) is 40.3 Å². The average molecular weight is 393 g/mol. The molecule has 0 aliphatic heterocycles. The van der Waals surface area contributed by atoms with Crippen LogP contribution in [0.25, 0.3) is 0 Å². The minimum Gasteiger partial charge on any atom is -0.497 e. The fourth-order valence-electron chi connectivity index (χ4n) is 2.57. The molecule has 7 nitrogen and oxygen atoms in total. The average Bonchev–Trinajstić information content (AvgIpc) is 2.64. The number of aliphatic carboxylic acids is 1. The summed E-state index contributed by atoms with van der Waals surface area (Å²) in [4.78, 5) is 11.0. The molecule has 0 aromatic heterocycles. The molecule has 27 heavy (non-hydrogen) atoms. The van der Waals surface area contributed by atoms with Gasteiger partial charge >= 0.3 is 5.97 Å². The molecular formula is C19H23NO6S. The highest BCUT2D eigenvalue weighted by Crippen LogP contribution is 2.36. The van der Waals surface area contributed by atoms with E-state index in [0.717, 1.165) is 5.56 Å². The fraction of sp³-hybridized carbons (Fsp3) is 0.316. The van der Waals surface area contributed by atoms with Gasteiger partial charge in [0.25, 0.3) is 10.0 Å². The number of carboxylic acids is 1. The summed E-state index contributed by atoms with van der Waals surface area (Å²) in [7, 11) is -0.997. The Labute approximate surface area is 159 Å². The standard InChI is InChI=1S/C19H23NO6S/c1-14-6-9-16(10-7-14)27(23,24)20(12-4-5-19(21)22)17-13-15(25-2)8-11-18(17)26-3/h6-11,13H,4-5,12H2,1-3H3,(H,21,22). The monoisotopic (exact) mass is 393 g/mol. The van der Waals surface area contributed by atoms with Gasteiger partial charge in [-0.05, 0) is 37.6 Å². The zero-order valence-electron chi connectivity index (χ0n) is 15.5. The van der Waals surface area contributed by atoms with Gasteiger partial charge in [-0.2, -0.15) is 0 Å². The van der Waals surface area contributed by atoms with E-state index >= 15 is 0 Å². The molecule has 0 saturated heterocycles. The molecule has 0 fully saturated rings. The van der Waals surface area contributed by atoms with E-state index in [1.54, 1.807) is 30.3 Å². The van der Waals surface area contributed by atoms with Crippen LogP contribution in [0.5, 0.6) is 11.5 Å². The highest BCUT2D eigenvalue weighted by atomic mass is 32.2. The van der Waals surface area contributed by atoms with Gasteiger partial charge in [-0.3, -0.25) is 9.10 Å². The Hall–Kier alpha value is -2.74. The third kappa shape index (κ3) is 4.91. The van der Waals surface area contributed by atoms with Crippen LogP contribution in [0.1, 0.15) is 18.4 Å². The van der Waals surface area contributed by atoms with E-state index in [4.69, 9.17) is 14.6 Å². The number of hydrogen-bond acceptors (Lipinski definition) is 5. The topological polar surface area (TPSA) is 93.1 Å². The predicted octanol–water partition coefficient (Wildman–Crippen LogP) is 3.07. The molecule has 0 aliphatic carbocycles. The van der Waals surface area contributed by atoms with E-state index in [2.05, 4.69) is 0 Å². The quantitative estimate of drug-likeness (QED) is 0.704. The highest BCUT2D eigenvalue weighted by molar-refractivity contribution is 7.92. The van der Waals surface area contributed by atoms with Crippen molar-refractivity contribution in [2.45, 2.75) is 24.7 Å². The van der Waals surface area contributed by atoms with Gasteiger partial charge in [-0.1, -0.05) is 17.7 Å². The highest BCUT2D eigenvalue weighted by Gasteiger charge is 2.27. The number of rotatable bonds is 9. The van der Waals surface area contributed by atoms with Gasteiger partial charge < -0.3 is 14.6 Å². The maximum absolute atomic E-state index is 13.3. The molecule has 0 saturated carbocycles. The summed E-state index contributed by atoms with van der Waals surface area (Å²) in [6.45, 7) is 1.86. The van der Waals surface area contributed by atoms with Gasteiger partial charge in [0.05, 0.1) is 24.8 Å². The molecule has 2 aromatic rings. The van der Waals surface area contributed by atoms with Gasteiger partial charge in [-0.15, -0.1) is 0 Å². The number of sulfonamides is 1. The molecule has 0 amide bonds. The van der Waals surface area contributed by atoms with E-state index in [1.165, 1.54) is 30.7 Å². The van der Waals surface area contributed by atoms with Gasteiger partial charge in [0.15, 0.2) is 0 Å². The summed E-state index contributed by atoms with van der Waals surface area (Å²) < 4.78 is 38.2. The largest absolute Gasteiger partial charge is 0.497 e. The van der Waals surface area contributed by atoms with Crippen LogP contribution >= 0.6 is 0 Å².